The quantitative estimate of drug-likeness (QED) is 0.0842. The first-order chi connectivity index (χ1) is 15.7. The van der Waals surface area contributed by atoms with Gasteiger partial charge in [0.15, 0.2) is 6.23 Å². The molecule has 0 aromatic carbocycles. The topological polar surface area (TPSA) is 171 Å². The molecule has 2 unspecified atom stereocenters. The molecular weight excluding hydrogens is 430 g/mol. The van der Waals surface area contributed by atoms with E-state index in [4.69, 9.17) is 5.11 Å². The van der Waals surface area contributed by atoms with Crippen LogP contribution in [0.3, 0.4) is 0 Å². The standard InChI is InChI=1S/C24H49NO8/c1-2-3-4-5-6-7-8-9-10-11-12-14-18(27)15-13-16-20(29)25-24(33)23(32)22(31)21(30)19(28)17-26/h18-19,21-24,26-28,30-33H,2-17H2,1H3,(H,25,29)/t18?,19-,21-,22+,23-,24?/m1/s1. The van der Waals surface area contributed by atoms with Gasteiger partial charge in [0.2, 0.25) is 5.91 Å². The monoisotopic (exact) mass is 479 g/mol. The fourth-order valence-electron chi connectivity index (χ4n) is 3.73. The molecule has 198 valence electrons. The molecule has 0 fully saturated rings. The zero-order valence-electron chi connectivity index (χ0n) is 20.3. The van der Waals surface area contributed by atoms with Crippen LogP contribution in [0, 0.1) is 0 Å². The molecule has 0 heterocycles. The molecule has 0 bridgehead atoms. The van der Waals surface area contributed by atoms with E-state index in [1.165, 1.54) is 57.8 Å². The minimum Gasteiger partial charge on any atom is -0.394 e. The molecule has 0 aliphatic rings. The molecule has 0 aromatic heterocycles. The van der Waals surface area contributed by atoms with Crippen LogP contribution in [-0.4, -0.2) is 85.0 Å². The van der Waals surface area contributed by atoms with Crippen LogP contribution >= 0.6 is 0 Å². The second-order valence-electron chi connectivity index (χ2n) is 9.10. The minimum absolute atomic E-state index is 0.0248. The van der Waals surface area contributed by atoms with E-state index in [0.29, 0.717) is 19.3 Å². The molecule has 8 N–H and O–H groups in total. The maximum absolute atomic E-state index is 11.9. The highest BCUT2D eigenvalue weighted by molar-refractivity contribution is 5.76. The van der Waals surface area contributed by atoms with Gasteiger partial charge in [0.05, 0.1) is 12.7 Å². The predicted molar refractivity (Wildman–Crippen MR) is 126 cm³/mol. The number of amides is 1. The summed E-state index contributed by atoms with van der Waals surface area (Å²) in [6.07, 6.45) is 5.45. The van der Waals surface area contributed by atoms with E-state index in [2.05, 4.69) is 12.2 Å². The third kappa shape index (κ3) is 16.5. The van der Waals surface area contributed by atoms with Crippen molar-refractivity contribution < 1.29 is 40.5 Å². The zero-order chi connectivity index (χ0) is 25.1. The highest BCUT2D eigenvalue weighted by Crippen LogP contribution is 2.14. The van der Waals surface area contributed by atoms with Crippen molar-refractivity contribution in [3.05, 3.63) is 0 Å². The Hall–Kier alpha value is -0.810. The molecular formula is C24H49NO8. The van der Waals surface area contributed by atoms with Gasteiger partial charge in [-0.1, -0.05) is 77.6 Å². The van der Waals surface area contributed by atoms with Crippen molar-refractivity contribution in [1.82, 2.24) is 5.32 Å². The van der Waals surface area contributed by atoms with Crippen molar-refractivity contribution in [2.75, 3.05) is 6.61 Å². The Balaban J connectivity index is 3.77. The first kappa shape index (κ1) is 32.2. The number of rotatable bonds is 22. The Morgan fingerprint density at radius 1 is 0.667 bits per heavy atom. The van der Waals surface area contributed by atoms with Crippen molar-refractivity contribution >= 4 is 5.91 Å². The lowest BCUT2D eigenvalue weighted by Gasteiger charge is -2.28. The van der Waals surface area contributed by atoms with Gasteiger partial charge >= 0.3 is 0 Å². The van der Waals surface area contributed by atoms with Crippen LogP contribution in [0.4, 0.5) is 0 Å². The number of carbonyl (C=O) groups is 1. The van der Waals surface area contributed by atoms with Gasteiger partial charge in [-0.2, -0.15) is 0 Å². The van der Waals surface area contributed by atoms with Gasteiger partial charge < -0.3 is 41.1 Å². The molecule has 9 nitrogen and oxygen atoms in total. The number of aliphatic hydroxyl groups is 7. The summed E-state index contributed by atoms with van der Waals surface area (Å²) in [5.74, 6) is -0.576. The Morgan fingerprint density at radius 2 is 1.15 bits per heavy atom. The number of hydrogen-bond acceptors (Lipinski definition) is 8. The highest BCUT2D eigenvalue weighted by Gasteiger charge is 2.34. The average Bonchev–Trinajstić information content (AvgIpc) is 2.80. The third-order valence-electron chi connectivity index (χ3n) is 6.00. The highest BCUT2D eigenvalue weighted by atomic mass is 16.4. The van der Waals surface area contributed by atoms with Crippen molar-refractivity contribution in [1.29, 1.82) is 0 Å². The van der Waals surface area contributed by atoms with E-state index in [9.17, 15) is 35.4 Å². The number of hydrogen-bond donors (Lipinski definition) is 8. The van der Waals surface area contributed by atoms with Gasteiger partial charge in [-0.15, -0.1) is 0 Å². The molecule has 33 heavy (non-hydrogen) atoms. The Bertz CT molecular complexity index is 468. The zero-order valence-corrected chi connectivity index (χ0v) is 20.3. The van der Waals surface area contributed by atoms with Crippen LogP contribution in [-0.2, 0) is 4.79 Å². The molecule has 0 aliphatic heterocycles. The maximum atomic E-state index is 11.9. The molecule has 0 aliphatic carbocycles. The van der Waals surface area contributed by atoms with Crippen LogP contribution < -0.4 is 5.32 Å². The lowest BCUT2D eigenvalue weighted by molar-refractivity contribution is -0.151. The number of carbonyl (C=O) groups excluding carboxylic acids is 1. The van der Waals surface area contributed by atoms with Crippen molar-refractivity contribution in [3.63, 3.8) is 0 Å². The molecule has 6 atom stereocenters. The van der Waals surface area contributed by atoms with Gasteiger partial charge in [-0.3, -0.25) is 4.79 Å². The van der Waals surface area contributed by atoms with Crippen LogP contribution in [0.15, 0.2) is 0 Å². The summed E-state index contributed by atoms with van der Waals surface area (Å²) in [7, 11) is 0. The van der Waals surface area contributed by atoms with E-state index in [0.717, 1.165) is 12.8 Å². The molecule has 0 saturated carbocycles. The minimum atomic E-state index is -1.96. The van der Waals surface area contributed by atoms with Crippen LogP contribution in [0.5, 0.6) is 0 Å². The Kier molecular flexibility index (Phi) is 20.0. The second kappa shape index (κ2) is 20.6. The molecule has 0 saturated heterocycles. The molecule has 0 spiro atoms. The molecule has 1 amide bonds. The number of aliphatic hydroxyl groups excluding tert-OH is 7. The lowest BCUT2D eigenvalue weighted by Crippen LogP contribution is -2.54. The lowest BCUT2D eigenvalue weighted by atomic mass is 10.0. The summed E-state index contributed by atoms with van der Waals surface area (Å²) in [5, 5.41) is 69.0. The first-order valence-corrected chi connectivity index (χ1v) is 12.7. The second-order valence-corrected chi connectivity index (χ2v) is 9.10. The summed E-state index contributed by atoms with van der Waals surface area (Å²) in [5.41, 5.74) is 0. The third-order valence-corrected chi connectivity index (χ3v) is 6.00. The summed E-state index contributed by atoms with van der Waals surface area (Å²) >= 11 is 0. The van der Waals surface area contributed by atoms with E-state index in [-0.39, 0.29) is 6.42 Å². The molecule has 0 radical (unpaired) electrons. The molecule has 0 rings (SSSR count). The Morgan fingerprint density at radius 3 is 1.67 bits per heavy atom. The summed E-state index contributed by atoms with van der Waals surface area (Å²) < 4.78 is 0. The van der Waals surface area contributed by atoms with E-state index in [1.54, 1.807) is 0 Å². The number of unbranched alkanes of at least 4 members (excludes halogenated alkanes) is 10. The van der Waals surface area contributed by atoms with Gasteiger partial charge in [0.25, 0.3) is 0 Å². The molecule has 0 aromatic rings. The maximum Gasteiger partial charge on any atom is 0.222 e. The largest absolute Gasteiger partial charge is 0.394 e. The van der Waals surface area contributed by atoms with Crippen molar-refractivity contribution in [3.8, 4) is 0 Å². The van der Waals surface area contributed by atoms with Crippen molar-refractivity contribution in [2.24, 2.45) is 0 Å². The summed E-state index contributed by atoms with van der Waals surface area (Å²) in [6, 6.07) is 0. The number of nitrogens with one attached hydrogen (secondary N) is 1. The van der Waals surface area contributed by atoms with E-state index < -0.39 is 49.3 Å². The van der Waals surface area contributed by atoms with Crippen LogP contribution in [0.2, 0.25) is 0 Å². The fourth-order valence-corrected chi connectivity index (χ4v) is 3.73. The SMILES string of the molecule is CCCCCCCCCCCCCC(O)CCCC(=O)NC(O)[C@H](O)[C@@H](O)[C@H](O)[C@H](O)CO. The van der Waals surface area contributed by atoms with E-state index in [1.807, 2.05) is 0 Å². The smallest absolute Gasteiger partial charge is 0.222 e. The summed E-state index contributed by atoms with van der Waals surface area (Å²) in [4.78, 5) is 11.9. The normalized spacial score (nSPS) is 17.2. The predicted octanol–water partition coefficient (Wildman–Crippen LogP) is 1.09. The van der Waals surface area contributed by atoms with Gasteiger partial charge in [0.1, 0.15) is 24.4 Å². The first-order valence-electron chi connectivity index (χ1n) is 12.7. The van der Waals surface area contributed by atoms with E-state index >= 15 is 0 Å². The summed E-state index contributed by atoms with van der Waals surface area (Å²) in [6.45, 7) is 1.39. The van der Waals surface area contributed by atoms with Gasteiger partial charge in [-0.05, 0) is 19.3 Å². The van der Waals surface area contributed by atoms with Gasteiger partial charge in [-0.25, -0.2) is 0 Å². The molecule has 9 heteroatoms. The van der Waals surface area contributed by atoms with Gasteiger partial charge in [0, 0.05) is 6.42 Å². The van der Waals surface area contributed by atoms with Crippen molar-refractivity contribution in [2.45, 2.75) is 140 Å². The average molecular weight is 480 g/mol. The fraction of sp³-hybridized carbons (Fsp3) is 0.958. The van der Waals surface area contributed by atoms with Crippen LogP contribution in [0.25, 0.3) is 0 Å². The Labute approximate surface area is 198 Å². The van der Waals surface area contributed by atoms with Crippen LogP contribution in [0.1, 0.15) is 103 Å².